The molecule has 0 saturated carbocycles. The second-order valence-corrected chi connectivity index (χ2v) is 8.22. The van der Waals surface area contributed by atoms with Crippen molar-refractivity contribution < 1.29 is 38.0 Å². The van der Waals surface area contributed by atoms with Gasteiger partial charge in [0.2, 0.25) is 0 Å². The van der Waals surface area contributed by atoms with E-state index in [2.05, 4.69) is 0 Å². The Balaban J connectivity index is 3.24. The summed E-state index contributed by atoms with van der Waals surface area (Å²) >= 11 is 0. The Labute approximate surface area is 169 Å². The van der Waals surface area contributed by atoms with Crippen LogP contribution in [-0.4, -0.2) is 78.0 Å². The van der Waals surface area contributed by atoms with Crippen LogP contribution in [0.2, 0.25) is 0 Å². The minimum Gasteiger partial charge on any atom is -0.463 e. The van der Waals surface area contributed by atoms with Gasteiger partial charge in [-0.25, -0.2) is 0 Å². The van der Waals surface area contributed by atoms with Crippen LogP contribution in [0.5, 0.6) is 0 Å². The van der Waals surface area contributed by atoms with Crippen LogP contribution in [0.4, 0.5) is 0 Å². The smallest absolute Gasteiger partial charge is 0.311 e. The number of rotatable bonds is 15. The highest BCUT2D eigenvalue weighted by atomic mass is 16.6. The molecule has 0 aromatic heterocycles. The van der Waals surface area contributed by atoms with Gasteiger partial charge in [0.25, 0.3) is 0 Å². The summed E-state index contributed by atoms with van der Waals surface area (Å²) in [6.07, 6.45) is 0. The van der Waals surface area contributed by atoms with Crippen molar-refractivity contribution in [1.29, 1.82) is 0 Å². The Morgan fingerprint density at radius 3 is 0.893 bits per heavy atom. The molecule has 0 aliphatic rings. The molecule has 0 aliphatic heterocycles. The molecule has 28 heavy (non-hydrogen) atoms. The van der Waals surface area contributed by atoms with E-state index < -0.39 is 10.8 Å². The molecular weight excluding hydrogens is 368 g/mol. The zero-order valence-corrected chi connectivity index (χ0v) is 18.3. The van der Waals surface area contributed by atoms with E-state index in [0.29, 0.717) is 52.9 Å². The van der Waals surface area contributed by atoms with Crippen LogP contribution in [0.15, 0.2) is 0 Å². The van der Waals surface area contributed by atoms with Crippen molar-refractivity contribution in [1.82, 2.24) is 0 Å². The first-order valence-corrected chi connectivity index (χ1v) is 9.70. The molecule has 0 N–H and O–H groups in total. The van der Waals surface area contributed by atoms with Crippen molar-refractivity contribution >= 4 is 11.9 Å². The van der Waals surface area contributed by atoms with Gasteiger partial charge in [0, 0.05) is 0 Å². The van der Waals surface area contributed by atoms with E-state index in [1.165, 1.54) is 0 Å². The number of ether oxygens (including phenoxy) is 6. The maximum absolute atomic E-state index is 11.5. The van der Waals surface area contributed by atoms with Crippen molar-refractivity contribution in [2.75, 3.05) is 66.1 Å². The fourth-order valence-electron chi connectivity index (χ4n) is 1.58. The van der Waals surface area contributed by atoms with Gasteiger partial charge in [-0.15, -0.1) is 0 Å². The molecule has 0 unspecified atom stereocenters. The predicted octanol–water partition coefficient (Wildman–Crippen LogP) is 2.23. The molecule has 8 nitrogen and oxygen atoms in total. The van der Waals surface area contributed by atoms with E-state index in [0.717, 1.165) is 0 Å². The van der Waals surface area contributed by atoms with Crippen molar-refractivity contribution in [3.63, 3.8) is 0 Å². The number of hydrogen-bond acceptors (Lipinski definition) is 8. The van der Waals surface area contributed by atoms with Gasteiger partial charge in [0.1, 0.15) is 13.2 Å². The molecule has 0 heterocycles. The normalized spacial score (nSPS) is 12.1. The summed E-state index contributed by atoms with van der Waals surface area (Å²) < 4.78 is 31.5. The van der Waals surface area contributed by atoms with Crippen LogP contribution >= 0.6 is 0 Å². The molecule has 0 saturated heterocycles. The average molecular weight is 407 g/mol. The molecule has 0 rings (SSSR count). The molecule has 0 fully saturated rings. The van der Waals surface area contributed by atoms with Gasteiger partial charge in [0.05, 0.1) is 63.7 Å². The number of carbonyl (C=O) groups is 2. The lowest BCUT2D eigenvalue weighted by atomic mass is 9.97. The van der Waals surface area contributed by atoms with E-state index in [9.17, 15) is 9.59 Å². The van der Waals surface area contributed by atoms with Crippen molar-refractivity contribution in [3.8, 4) is 0 Å². The quantitative estimate of drug-likeness (QED) is 0.302. The monoisotopic (exact) mass is 406 g/mol. The lowest BCUT2D eigenvalue weighted by Crippen LogP contribution is -2.24. The van der Waals surface area contributed by atoms with Crippen molar-refractivity contribution in [2.24, 2.45) is 10.8 Å². The highest BCUT2D eigenvalue weighted by molar-refractivity contribution is 5.75. The first kappa shape index (κ1) is 26.8. The summed E-state index contributed by atoms with van der Waals surface area (Å²) in [5.41, 5.74) is -0.986. The predicted molar refractivity (Wildman–Crippen MR) is 104 cm³/mol. The highest BCUT2D eigenvalue weighted by Gasteiger charge is 2.23. The Kier molecular flexibility index (Phi) is 14.1. The minimum absolute atomic E-state index is 0.237. The maximum atomic E-state index is 11.5. The van der Waals surface area contributed by atoms with Gasteiger partial charge in [-0.1, -0.05) is 0 Å². The van der Waals surface area contributed by atoms with Crippen molar-refractivity contribution in [2.45, 2.75) is 41.5 Å². The summed E-state index contributed by atoms with van der Waals surface area (Å²) in [6.45, 7) is 14.7. The van der Waals surface area contributed by atoms with Gasteiger partial charge in [-0.2, -0.15) is 0 Å². The van der Waals surface area contributed by atoms with E-state index in [1.54, 1.807) is 0 Å². The zero-order valence-electron chi connectivity index (χ0n) is 18.3. The number of carbonyl (C=O) groups excluding carboxylic acids is 2. The van der Waals surface area contributed by atoms with E-state index in [4.69, 9.17) is 28.4 Å². The first-order chi connectivity index (χ1) is 13.0. The van der Waals surface area contributed by atoms with Crippen LogP contribution in [0, 0.1) is 10.8 Å². The summed E-state index contributed by atoms with van der Waals surface area (Å²) in [6, 6.07) is 0. The van der Waals surface area contributed by atoms with E-state index in [1.807, 2.05) is 41.5 Å². The summed E-state index contributed by atoms with van der Waals surface area (Å²) in [7, 11) is 0. The molecule has 0 aromatic carbocycles. The van der Waals surface area contributed by atoms with Crippen LogP contribution in [0.1, 0.15) is 41.5 Å². The topological polar surface area (TPSA) is 89.5 Å². The lowest BCUT2D eigenvalue weighted by Gasteiger charge is -2.16. The SMILES string of the molecule is CC(C)(C)C(=O)OCCOCCOCCOCCOCCOC(=O)C(C)(C)C. The van der Waals surface area contributed by atoms with E-state index >= 15 is 0 Å². The first-order valence-electron chi connectivity index (χ1n) is 9.70. The van der Waals surface area contributed by atoms with Gasteiger partial charge in [-0.05, 0) is 41.5 Å². The molecule has 0 aliphatic carbocycles. The molecule has 0 amide bonds. The molecule has 0 spiro atoms. The van der Waals surface area contributed by atoms with Crippen LogP contribution in [0.3, 0.4) is 0 Å². The third-order valence-electron chi connectivity index (χ3n) is 3.26. The van der Waals surface area contributed by atoms with Crippen LogP contribution in [0.25, 0.3) is 0 Å². The molecule has 0 radical (unpaired) electrons. The number of hydrogen-bond donors (Lipinski definition) is 0. The van der Waals surface area contributed by atoms with Crippen LogP contribution < -0.4 is 0 Å². The van der Waals surface area contributed by atoms with Crippen molar-refractivity contribution in [3.05, 3.63) is 0 Å². The fraction of sp³-hybridized carbons (Fsp3) is 0.900. The fourth-order valence-corrected chi connectivity index (χ4v) is 1.58. The Hall–Kier alpha value is -1.22. The van der Waals surface area contributed by atoms with Gasteiger partial charge >= 0.3 is 11.9 Å². The van der Waals surface area contributed by atoms with Gasteiger partial charge < -0.3 is 28.4 Å². The molecule has 0 aromatic rings. The third kappa shape index (κ3) is 15.8. The second kappa shape index (κ2) is 14.7. The molecule has 166 valence electrons. The lowest BCUT2D eigenvalue weighted by molar-refractivity contribution is -0.155. The maximum Gasteiger partial charge on any atom is 0.311 e. The largest absolute Gasteiger partial charge is 0.463 e. The summed E-state index contributed by atoms with van der Waals surface area (Å²) in [5, 5.41) is 0. The van der Waals surface area contributed by atoms with Gasteiger partial charge in [-0.3, -0.25) is 9.59 Å². The molecule has 0 atom stereocenters. The second-order valence-electron chi connectivity index (χ2n) is 8.22. The standard InChI is InChI=1S/C20H38O8/c1-19(2,3)17(21)27-15-13-25-11-9-23-7-8-24-10-12-26-14-16-28-18(22)20(4,5)6/h7-16H2,1-6H3. The molecule has 0 bridgehead atoms. The summed E-state index contributed by atoms with van der Waals surface area (Å²) in [5.74, 6) is -0.473. The Morgan fingerprint density at radius 2 is 0.679 bits per heavy atom. The Bertz CT molecular complexity index is 383. The molecule has 8 heteroatoms. The zero-order chi connectivity index (χ0) is 21.5. The highest BCUT2D eigenvalue weighted by Crippen LogP contribution is 2.15. The minimum atomic E-state index is -0.493. The molecular formula is C20H38O8. The van der Waals surface area contributed by atoms with E-state index in [-0.39, 0.29) is 25.2 Å². The third-order valence-corrected chi connectivity index (χ3v) is 3.26. The number of esters is 2. The summed E-state index contributed by atoms with van der Waals surface area (Å²) in [4.78, 5) is 23.0. The van der Waals surface area contributed by atoms with Crippen LogP contribution in [-0.2, 0) is 38.0 Å². The Morgan fingerprint density at radius 1 is 0.464 bits per heavy atom. The average Bonchev–Trinajstić information content (AvgIpc) is 2.59. The van der Waals surface area contributed by atoms with Gasteiger partial charge in [0.15, 0.2) is 0 Å².